The van der Waals surface area contributed by atoms with Crippen molar-refractivity contribution >= 4 is 0 Å². The van der Waals surface area contributed by atoms with E-state index < -0.39 is 0 Å². The molecule has 0 unspecified atom stereocenters. The van der Waals surface area contributed by atoms with Gasteiger partial charge < -0.3 is 5.11 Å². The summed E-state index contributed by atoms with van der Waals surface area (Å²) in [5.74, 6) is 1.50. The van der Waals surface area contributed by atoms with E-state index in [4.69, 9.17) is 0 Å². The highest BCUT2D eigenvalue weighted by Gasteiger charge is 2.29. The molecule has 0 radical (unpaired) electrons. The summed E-state index contributed by atoms with van der Waals surface area (Å²) in [7, 11) is 0. The standard InChI is InChI=1S/C8H16O/c1-3-8(9)7-4-6(2)5-7/h6-9H,3-5H2,1-2H3/t6?,7?,8-/m0/s1. The van der Waals surface area contributed by atoms with Crippen molar-refractivity contribution in [3.05, 3.63) is 0 Å². The Morgan fingerprint density at radius 2 is 2.11 bits per heavy atom. The van der Waals surface area contributed by atoms with Gasteiger partial charge in [0.05, 0.1) is 6.10 Å². The van der Waals surface area contributed by atoms with Crippen molar-refractivity contribution in [2.75, 3.05) is 0 Å². The maximum Gasteiger partial charge on any atom is 0.0566 e. The molecule has 1 saturated carbocycles. The summed E-state index contributed by atoms with van der Waals surface area (Å²) >= 11 is 0. The van der Waals surface area contributed by atoms with Crippen LogP contribution in [0.1, 0.15) is 33.1 Å². The van der Waals surface area contributed by atoms with Gasteiger partial charge in [0.25, 0.3) is 0 Å². The maximum absolute atomic E-state index is 9.30. The molecule has 1 heteroatoms. The van der Waals surface area contributed by atoms with Crippen molar-refractivity contribution in [3.8, 4) is 0 Å². The van der Waals surface area contributed by atoms with Crippen molar-refractivity contribution in [1.29, 1.82) is 0 Å². The molecular weight excluding hydrogens is 112 g/mol. The monoisotopic (exact) mass is 128 g/mol. The van der Waals surface area contributed by atoms with Crippen LogP contribution in [-0.2, 0) is 0 Å². The average molecular weight is 128 g/mol. The quantitative estimate of drug-likeness (QED) is 0.601. The molecule has 0 aromatic rings. The molecular formula is C8H16O. The van der Waals surface area contributed by atoms with Gasteiger partial charge in [-0.1, -0.05) is 13.8 Å². The van der Waals surface area contributed by atoms with E-state index in [0.29, 0.717) is 5.92 Å². The lowest BCUT2D eigenvalue weighted by Gasteiger charge is -2.35. The van der Waals surface area contributed by atoms with Gasteiger partial charge in [-0.05, 0) is 31.1 Å². The molecule has 9 heavy (non-hydrogen) atoms. The molecule has 54 valence electrons. The molecule has 1 rings (SSSR count). The first kappa shape index (κ1) is 7.07. The van der Waals surface area contributed by atoms with E-state index in [1.807, 2.05) is 6.92 Å². The minimum atomic E-state index is -0.0128. The fraction of sp³-hybridized carbons (Fsp3) is 1.00. The van der Waals surface area contributed by atoms with E-state index in [9.17, 15) is 5.11 Å². The summed E-state index contributed by atoms with van der Waals surface area (Å²) in [6, 6.07) is 0. The smallest absolute Gasteiger partial charge is 0.0566 e. The second kappa shape index (κ2) is 2.70. The van der Waals surface area contributed by atoms with Crippen molar-refractivity contribution < 1.29 is 5.11 Å². The second-order valence-electron chi connectivity index (χ2n) is 3.31. The summed E-state index contributed by atoms with van der Waals surface area (Å²) in [6.07, 6.45) is 3.41. The van der Waals surface area contributed by atoms with Crippen molar-refractivity contribution in [2.45, 2.75) is 39.2 Å². The molecule has 0 aliphatic heterocycles. The zero-order valence-electron chi connectivity index (χ0n) is 6.30. The number of hydrogen-bond acceptors (Lipinski definition) is 1. The van der Waals surface area contributed by atoms with Crippen molar-refractivity contribution in [2.24, 2.45) is 11.8 Å². The van der Waals surface area contributed by atoms with E-state index in [1.165, 1.54) is 12.8 Å². The lowest BCUT2D eigenvalue weighted by Crippen LogP contribution is -2.31. The molecule has 1 atom stereocenters. The Balaban J connectivity index is 2.15. The Bertz CT molecular complexity index is 84.6. The fourth-order valence-corrected chi connectivity index (χ4v) is 1.61. The van der Waals surface area contributed by atoms with Gasteiger partial charge in [0.15, 0.2) is 0 Å². The summed E-state index contributed by atoms with van der Waals surface area (Å²) in [5, 5.41) is 9.30. The molecule has 0 saturated heterocycles. The van der Waals surface area contributed by atoms with Crippen LogP contribution in [0.15, 0.2) is 0 Å². The fourth-order valence-electron chi connectivity index (χ4n) is 1.61. The highest BCUT2D eigenvalue weighted by Crippen LogP contribution is 2.36. The van der Waals surface area contributed by atoms with Gasteiger partial charge in [-0.25, -0.2) is 0 Å². The highest BCUT2D eigenvalue weighted by molar-refractivity contribution is 4.80. The molecule has 0 heterocycles. The average Bonchev–Trinajstić information content (AvgIpc) is 1.79. The van der Waals surface area contributed by atoms with Crippen LogP contribution in [-0.4, -0.2) is 11.2 Å². The van der Waals surface area contributed by atoms with E-state index in [2.05, 4.69) is 6.92 Å². The zero-order chi connectivity index (χ0) is 6.85. The van der Waals surface area contributed by atoms with Crippen molar-refractivity contribution in [1.82, 2.24) is 0 Å². The SMILES string of the molecule is CC[C@H](O)C1CC(C)C1. The Labute approximate surface area is 57.1 Å². The van der Waals surface area contributed by atoms with Crippen LogP contribution >= 0.6 is 0 Å². The van der Waals surface area contributed by atoms with Gasteiger partial charge >= 0.3 is 0 Å². The van der Waals surface area contributed by atoms with Crippen LogP contribution < -0.4 is 0 Å². The Hall–Kier alpha value is -0.0400. The van der Waals surface area contributed by atoms with Crippen LogP contribution in [0.25, 0.3) is 0 Å². The number of aliphatic hydroxyl groups excluding tert-OH is 1. The number of rotatable bonds is 2. The number of aliphatic hydroxyl groups is 1. The van der Waals surface area contributed by atoms with Gasteiger partial charge in [-0.3, -0.25) is 0 Å². The molecule has 0 spiro atoms. The molecule has 1 aliphatic carbocycles. The largest absolute Gasteiger partial charge is 0.393 e. The minimum absolute atomic E-state index is 0.0128. The lowest BCUT2D eigenvalue weighted by atomic mass is 9.72. The van der Waals surface area contributed by atoms with Crippen LogP contribution in [0.3, 0.4) is 0 Å². The molecule has 1 nitrogen and oxygen atoms in total. The zero-order valence-corrected chi connectivity index (χ0v) is 6.30. The van der Waals surface area contributed by atoms with E-state index in [1.54, 1.807) is 0 Å². The van der Waals surface area contributed by atoms with E-state index in [-0.39, 0.29) is 6.10 Å². The van der Waals surface area contributed by atoms with Gasteiger partial charge in [-0.2, -0.15) is 0 Å². The first-order valence-electron chi connectivity index (χ1n) is 3.92. The summed E-state index contributed by atoms with van der Waals surface area (Å²) in [5.41, 5.74) is 0. The predicted molar refractivity (Wildman–Crippen MR) is 38.2 cm³/mol. The third kappa shape index (κ3) is 1.45. The predicted octanol–water partition coefficient (Wildman–Crippen LogP) is 1.80. The summed E-state index contributed by atoms with van der Waals surface area (Å²) in [6.45, 7) is 4.30. The lowest BCUT2D eigenvalue weighted by molar-refractivity contribution is 0.0311. The number of hydrogen-bond donors (Lipinski definition) is 1. The van der Waals surface area contributed by atoms with Gasteiger partial charge in [0.1, 0.15) is 0 Å². The topological polar surface area (TPSA) is 20.2 Å². The third-order valence-electron chi connectivity index (χ3n) is 2.37. The Kier molecular flexibility index (Phi) is 2.12. The van der Waals surface area contributed by atoms with Gasteiger partial charge in [0, 0.05) is 0 Å². The van der Waals surface area contributed by atoms with Crippen LogP contribution in [0.2, 0.25) is 0 Å². The third-order valence-corrected chi connectivity index (χ3v) is 2.37. The molecule has 0 bridgehead atoms. The first-order chi connectivity index (χ1) is 4.24. The van der Waals surface area contributed by atoms with Crippen LogP contribution in [0, 0.1) is 11.8 Å². The van der Waals surface area contributed by atoms with E-state index >= 15 is 0 Å². The minimum Gasteiger partial charge on any atom is -0.393 e. The summed E-state index contributed by atoms with van der Waals surface area (Å²) < 4.78 is 0. The molecule has 0 aromatic carbocycles. The molecule has 1 fully saturated rings. The Morgan fingerprint density at radius 3 is 2.44 bits per heavy atom. The second-order valence-corrected chi connectivity index (χ2v) is 3.31. The van der Waals surface area contributed by atoms with Crippen LogP contribution in [0.4, 0.5) is 0 Å². The molecule has 0 amide bonds. The normalized spacial score (nSPS) is 37.7. The van der Waals surface area contributed by atoms with Gasteiger partial charge in [-0.15, -0.1) is 0 Å². The summed E-state index contributed by atoms with van der Waals surface area (Å²) in [4.78, 5) is 0. The van der Waals surface area contributed by atoms with E-state index in [0.717, 1.165) is 12.3 Å². The highest BCUT2D eigenvalue weighted by atomic mass is 16.3. The first-order valence-corrected chi connectivity index (χ1v) is 3.92. The Morgan fingerprint density at radius 1 is 1.56 bits per heavy atom. The molecule has 1 aliphatic rings. The molecule has 0 aromatic heterocycles. The van der Waals surface area contributed by atoms with Crippen molar-refractivity contribution in [3.63, 3.8) is 0 Å². The van der Waals surface area contributed by atoms with Crippen LogP contribution in [0.5, 0.6) is 0 Å². The molecule has 1 N–H and O–H groups in total. The maximum atomic E-state index is 9.30. The van der Waals surface area contributed by atoms with Gasteiger partial charge in [0.2, 0.25) is 0 Å².